The zero-order chi connectivity index (χ0) is 21.4. The summed E-state index contributed by atoms with van der Waals surface area (Å²) in [5.74, 6) is 0. The van der Waals surface area contributed by atoms with Crippen molar-refractivity contribution in [1.29, 1.82) is 0 Å². The Kier molecular flexibility index (Phi) is 23.8. The van der Waals surface area contributed by atoms with E-state index in [4.69, 9.17) is 17.2 Å². The van der Waals surface area contributed by atoms with E-state index in [-0.39, 0.29) is 0 Å². The summed E-state index contributed by atoms with van der Waals surface area (Å²) in [5, 5.41) is 3.31. The summed E-state index contributed by atoms with van der Waals surface area (Å²) in [6.45, 7) is 14.6. The lowest BCUT2D eigenvalue weighted by Gasteiger charge is -2.18. The molecule has 0 bridgehead atoms. The number of likely N-dealkylation sites (tertiary alicyclic amines) is 2. The van der Waals surface area contributed by atoms with E-state index in [9.17, 15) is 0 Å². The molecule has 0 aliphatic carbocycles. The van der Waals surface area contributed by atoms with Crippen LogP contribution in [0.15, 0.2) is 0 Å². The maximum absolute atomic E-state index is 5.46. The highest BCUT2D eigenvalue weighted by molar-refractivity contribution is 4.65. The first-order valence-corrected chi connectivity index (χ1v) is 12.5. The molecule has 29 heavy (non-hydrogen) atoms. The van der Waals surface area contributed by atoms with E-state index in [0.717, 1.165) is 39.1 Å². The van der Waals surface area contributed by atoms with Crippen molar-refractivity contribution in [1.82, 2.24) is 15.1 Å². The number of nitrogens with zero attached hydrogens (tertiary/aromatic N) is 2. The Morgan fingerprint density at radius 3 is 1.41 bits per heavy atom. The predicted octanol–water partition coefficient (Wildman–Crippen LogP) is 2.37. The largest absolute Gasteiger partial charge is 0.330 e. The minimum Gasteiger partial charge on any atom is -0.330 e. The standard InChI is InChI=1S/C9H20N2.C7H16N2.C7H18N2/c10-6-5-9-11-7-3-1-2-4-8-11;8-4-3-7-9-5-1-2-6-9;1-2-3-6-9-7-4-5-8/h1-10H2;1-8H2;9H,2-8H2,1H3. The van der Waals surface area contributed by atoms with Crippen LogP contribution in [-0.4, -0.2) is 81.8 Å². The first kappa shape index (κ1) is 28.8. The summed E-state index contributed by atoms with van der Waals surface area (Å²) < 4.78 is 0. The van der Waals surface area contributed by atoms with Crippen molar-refractivity contribution in [3.05, 3.63) is 0 Å². The Bertz CT molecular complexity index is 283. The number of hydrogen-bond donors (Lipinski definition) is 4. The molecule has 0 aromatic rings. The summed E-state index contributed by atoms with van der Waals surface area (Å²) in [5.41, 5.74) is 16.1. The molecule has 0 saturated carbocycles. The maximum atomic E-state index is 5.46. The first-order valence-electron chi connectivity index (χ1n) is 12.5. The number of unbranched alkanes of at least 4 members (excludes halogenated alkanes) is 1. The summed E-state index contributed by atoms with van der Waals surface area (Å²) in [4.78, 5) is 5.05. The third kappa shape index (κ3) is 20.8. The predicted molar refractivity (Wildman–Crippen MR) is 129 cm³/mol. The molecule has 0 aromatic heterocycles. The van der Waals surface area contributed by atoms with Crippen LogP contribution < -0.4 is 22.5 Å². The molecular formula is C23H54N6. The third-order valence-electron chi connectivity index (χ3n) is 5.52. The van der Waals surface area contributed by atoms with E-state index >= 15 is 0 Å². The van der Waals surface area contributed by atoms with Crippen molar-refractivity contribution in [3.63, 3.8) is 0 Å². The van der Waals surface area contributed by atoms with Crippen LogP contribution in [0.1, 0.15) is 77.6 Å². The second kappa shape index (κ2) is 24.0. The summed E-state index contributed by atoms with van der Waals surface area (Å²) >= 11 is 0. The normalized spacial score (nSPS) is 17.8. The quantitative estimate of drug-likeness (QED) is 0.366. The molecule has 0 amide bonds. The molecule has 2 heterocycles. The molecule has 2 aliphatic heterocycles. The van der Waals surface area contributed by atoms with Gasteiger partial charge in [-0.2, -0.15) is 0 Å². The van der Waals surface area contributed by atoms with E-state index in [1.807, 2.05) is 0 Å². The Balaban J connectivity index is 0.000000409. The Morgan fingerprint density at radius 2 is 1.00 bits per heavy atom. The lowest BCUT2D eigenvalue weighted by atomic mass is 10.2. The van der Waals surface area contributed by atoms with Crippen LogP contribution in [0.4, 0.5) is 0 Å². The first-order chi connectivity index (χ1) is 14.3. The number of nitrogens with two attached hydrogens (primary N) is 3. The van der Waals surface area contributed by atoms with Crippen molar-refractivity contribution in [2.75, 3.05) is 72.0 Å². The van der Waals surface area contributed by atoms with Crippen molar-refractivity contribution in [2.24, 2.45) is 17.2 Å². The lowest BCUT2D eigenvalue weighted by molar-refractivity contribution is 0.283. The molecule has 0 radical (unpaired) electrons. The van der Waals surface area contributed by atoms with Crippen LogP contribution in [-0.2, 0) is 0 Å². The molecule has 0 atom stereocenters. The molecule has 7 N–H and O–H groups in total. The summed E-state index contributed by atoms with van der Waals surface area (Å²) in [6.07, 6.45) is 14.4. The van der Waals surface area contributed by atoms with Gasteiger partial charge >= 0.3 is 0 Å². The van der Waals surface area contributed by atoms with Gasteiger partial charge in [0.1, 0.15) is 0 Å². The average Bonchev–Trinajstić information content (AvgIpc) is 3.13. The van der Waals surface area contributed by atoms with Crippen molar-refractivity contribution >= 4 is 0 Å². The molecule has 0 spiro atoms. The molecule has 176 valence electrons. The second-order valence-corrected chi connectivity index (χ2v) is 8.33. The Labute approximate surface area is 182 Å². The van der Waals surface area contributed by atoms with Gasteiger partial charge < -0.3 is 32.3 Å². The molecule has 2 fully saturated rings. The van der Waals surface area contributed by atoms with Crippen molar-refractivity contribution < 1.29 is 0 Å². The zero-order valence-corrected chi connectivity index (χ0v) is 19.7. The fourth-order valence-corrected chi connectivity index (χ4v) is 3.65. The zero-order valence-electron chi connectivity index (χ0n) is 19.7. The molecule has 0 unspecified atom stereocenters. The van der Waals surface area contributed by atoms with Gasteiger partial charge in [-0.3, -0.25) is 0 Å². The topological polar surface area (TPSA) is 96.6 Å². The van der Waals surface area contributed by atoms with E-state index in [1.54, 1.807) is 0 Å². The van der Waals surface area contributed by atoms with Crippen LogP contribution in [0.3, 0.4) is 0 Å². The molecule has 2 aliphatic rings. The molecule has 2 saturated heterocycles. The van der Waals surface area contributed by atoms with Crippen molar-refractivity contribution in [3.8, 4) is 0 Å². The number of hydrogen-bond acceptors (Lipinski definition) is 6. The van der Waals surface area contributed by atoms with Crippen LogP contribution in [0, 0.1) is 0 Å². The highest BCUT2D eigenvalue weighted by Gasteiger charge is 2.09. The van der Waals surface area contributed by atoms with Crippen LogP contribution in [0.5, 0.6) is 0 Å². The van der Waals surface area contributed by atoms with E-state index in [2.05, 4.69) is 22.0 Å². The van der Waals surface area contributed by atoms with Gasteiger partial charge in [-0.1, -0.05) is 26.2 Å². The molecule has 6 heteroatoms. The van der Waals surface area contributed by atoms with Gasteiger partial charge in [-0.05, 0) is 123 Å². The smallest absolute Gasteiger partial charge is 0.000672 e. The molecule has 6 nitrogen and oxygen atoms in total. The van der Waals surface area contributed by atoms with Gasteiger partial charge in [-0.25, -0.2) is 0 Å². The minimum atomic E-state index is 0.805. The van der Waals surface area contributed by atoms with Gasteiger partial charge in [-0.15, -0.1) is 0 Å². The van der Waals surface area contributed by atoms with Gasteiger partial charge in [0.25, 0.3) is 0 Å². The van der Waals surface area contributed by atoms with E-state index in [1.165, 1.54) is 103 Å². The highest BCUT2D eigenvalue weighted by Crippen LogP contribution is 2.09. The molecular weight excluding hydrogens is 360 g/mol. The van der Waals surface area contributed by atoms with E-state index < -0.39 is 0 Å². The fraction of sp³-hybridized carbons (Fsp3) is 1.00. The minimum absolute atomic E-state index is 0.805. The summed E-state index contributed by atoms with van der Waals surface area (Å²) in [7, 11) is 0. The number of rotatable bonds is 12. The van der Waals surface area contributed by atoms with Crippen LogP contribution in [0.2, 0.25) is 0 Å². The SMILES string of the molecule is CCCCNCCCN.NCCCN1CCCC1.NCCCN1CCCCCC1. The van der Waals surface area contributed by atoms with E-state index in [0.29, 0.717) is 0 Å². The Morgan fingerprint density at radius 1 is 0.586 bits per heavy atom. The monoisotopic (exact) mass is 414 g/mol. The van der Waals surface area contributed by atoms with Crippen LogP contribution >= 0.6 is 0 Å². The van der Waals surface area contributed by atoms with Gasteiger partial charge in [0.2, 0.25) is 0 Å². The fourth-order valence-electron chi connectivity index (χ4n) is 3.65. The van der Waals surface area contributed by atoms with Gasteiger partial charge in [0, 0.05) is 0 Å². The summed E-state index contributed by atoms with van der Waals surface area (Å²) in [6, 6.07) is 0. The van der Waals surface area contributed by atoms with Crippen molar-refractivity contribution in [2.45, 2.75) is 77.6 Å². The van der Waals surface area contributed by atoms with Gasteiger partial charge in [0.15, 0.2) is 0 Å². The van der Waals surface area contributed by atoms with Gasteiger partial charge in [0.05, 0.1) is 0 Å². The maximum Gasteiger partial charge on any atom is -0.000672 e. The average molecular weight is 415 g/mol. The Hall–Kier alpha value is -0.240. The van der Waals surface area contributed by atoms with Crippen LogP contribution in [0.25, 0.3) is 0 Å². The molecule has 0 aromatic carbocycles. The third-order valence-corrected chi connectivity index (χ3v) is 5.52. The highest BCUT2D eigenvalue weighted by atomic mass is 15.1. The number of nitrogens with one attached hydrogen (secondary N) is 1. The lowest BCUT2D eigenvalue weighted by Crippen LogP contribution is -2.27. The molecule has 2 rings (SSSR count). The second-order valence-electron chi connectivity index (χ2n) is 8.33.